The Bertz CT molecular complexity index is 1300. The van der Waals surface area contributed by atoms with Crippen LogP contribution in [0, 0.1) is 18.3 Å². The van der Waals surface area contributed by atoms with Gasteiger partial charge in [-0.1, -0.05) is 34.1 Å². The topological polar surface area (TPSA) is 133 Å². The van der Waals surface area contributed by atoms with Gasteiger partial charge in [0.25, 0.3) is 5.91 Å². The van der Waals surface area contributed by atoms with Crippen molar-refractivity contribution in [3.63, 3.8) is 0 Å². The van der Waals surface area contributed by atoms with Crippen LogP contribution in [0.2, 0.25) is 0 Å². The summed E-state index contributed by atoms with van der Waals surface area (Å²) in [6.07, 6.45) is 0. The van der Waals surface area contributed by atoms with Gasteiger partial charge in [-0.05, 0) is 50.1 Å². The number of para-hydroxylation sites is 1. The van der Waals surface area contributed by atoms with Crippen LogP contribution in [-0.2, 0) is 19.1 Å². The van der Waals surface area contributed by atoms with Crippen LogP contribution in [-0.4, -0.2) is 32.2 Å². The third-order valence-electron chi connectivity index (χ3n) is 5.47. The number of rotatable bonds is 8. The first-order valence-electron chi connectivity index (χ1n) is 11.0. The zero-order valence-corrected chi connectivity index (χ0v) is 21.9. The molecule has 3 rings (SSSR count). The minimum Gasteiger partial charge on any atom is -0.493 e. The Kier molecular flexibility index (Phi) is 8.61. The van der Waals surface area contributed by atoms with Crippen molar-refractivity contribution < 1.29 is 28.5 Å². The third-order valence-corrected chi connectivity index (χ3v) is 6.16. The first-order valence-corrected chi connectivity index (χ1v) is 11.8. The number of hydrogen-bond acceptors (Lipinski definition) is 8. The summed E-state index contributed by atoms with van der Waals surface area (Å²) in [4.78, 5) is 25.3. The van der Waals surface area contributed by atoms with Crippen molar-refractivity contribution in [3.05, 3.63) is 74.8 Å². The lowest BCUT2D eigenvalue weighted by Crippen LogP contribution is -2.26. The van der Waals surface area contributed by atoms with Crippen molar-refractivity contribution in [2.45, 2.75) is 26.7 Å². The van der Waals surface area contributed by atoms with Crippen LogP contribution in [0.15, 0.2) is 63.7 Å². The second-order valence-corrected chi connectivity index (χ2v) is 8.65. The number of aryl methyl sites for hydroxylation is 1. The minimum atomic E-state index is -0.871. The van der Waals surface area contributed by atoms with Crippen LogP contribution in [0.4, 0.5) is 5.69 Å². The predicted octanol–water partition coefficient (Wildman–Crippen LogP) is 4.43. The lowest BCUT2D eigenvalue weighted by atomic mass is 9.83. The smallest absolute Gasteiger partial charge is 0.338 e. The molecule has 1 aliphatic rings. The fourth-order valence-electron chi connectivity index (χ4n) is 3.75. The van der Waals surface area contributed by atoms with Crippen LogP contribution >= 0.6 is 15.9 Å². The Hall–Kier alpha value is -3.97. The highest BCUT2D eigenvalue weighted by Gasteiger charge is 2.38. The molecule has 1 atom stereocenters. The predicted molar refractivity (Wildman–Crippen MR) is 136 cm³/mol. The summed E-state index contributed by atoms with van der Waals surface area (Å²) >= 11 is 3.50. The maximum atomic E-state index is 12.8. The molecule has 2 aromatic carbocycles. The van der Waals surface area contributed by atoms with E-state index in [1.165, 1.54) is 7.11 Å². The highest BCUT2D eigenvalue weighted by Crippen LogP contribution is 2.45. The van der Waals surface area contributed by atoms with Gasteiger partial charge < -0.3 is 30.0 Å². The van der Waals surface area contributed by atoms with Gasteiger partial charge in [-0.2, -0.15) is 5.26 Å². The van der Waals surface area contributed by atoms with Gasteiger partial charge in [-0.15, -0.1) is 0 Å². The number of halogens is 1. The van der Waals surface area contributed by atoms with Crippen molar-refractivity contribution in [2.24, 2.45) is 5.73 Å². The van der Waals surface area contributed by atoms with Crippen LogP contribution in [0.5, 0.6) is 11.5 Å². The van der Waals surface area contributed by atoms with Gasteiger partial charge in [0.05, 0.1) is 25.2 Å². The van der Waals surface area contributed by atoms with Gasteiger partial charge in [0.15, 0.2) is 18.1 Å². The molecule has 10 heteroatoms. The minimum absolute atomic E-state index is 0.0534. The standard InChI is InChI=1S/C26H26BrN3O6/c1-5-34-26(32)23-15(3)36-25(29)17(12-28)24(23)16-10-20(33-4)21(11-18(16)27)35-13-22(31)30-19-9-7-6-8-14(19)2/h6-11,24H,5,13,29H2,1-4H3,(H,30,31). The number of methoxy groups -OCH3 is 1. The Balaban J connectivity index is 1.94. The van der Waals surface area contributed by atoms with Crippen LogP contribution < -0.4 is 20.5 Å². The number of nitriles is 1. The largest absolute Gasteiger partial charge is 0.493 e. The molecule has 1 unspecified atom stereocenters. The first kappa shape index (κ1) is 26.6. The highest BCUT2D eigenvalue weighted by molar-refractivity contribution is 9.10. The number of carbonyl (C=O) groups excluding carboxylic acids is 2. The van der Waals surface area contributed by atoms with E-state index in [-0.39, 0.29) is 47.7 Å². The van der Waals surface area contributed by atoms with Crippen molar-refractivity contribution in [1.82, 2.24) is 0 Å². The zero-order chi connectivity index (χ0) is 26.4. The van der Waals surface area contributed by atoms with Crippen LogP contribution in [0.25, 0.3) is 0 Å². The van der Waals surface area contributed by atoms with Crippen molar-refractivity contribution in [2.75, 3.05) is 25.6 Å². The maximum absolute atomic E-state index is 12.8. The fraction of sp³-hybridized carbons (Fsp3) is 0.269. The van der Waals surface area contributed by atoms with Gasteiger partial charge in [0.1, 0.15) is 17.4 Å². The Morgan fingerprint density at radius 1 is 1.22 bits per heavy atom. The molecule has 0 spiro atoms. The molecule has 1 amide bonds. The molecule has 0 aliphatic carbocycles. The quantitative estimate of drug-likeness (QED) is 0.457. The average molecular weight is 556 g/mol. The molecule has 0 saturated heterocycles. The van der Waals surface area contributed by atoms with E-state index in [1.54, 1.807) is 32.0 Å². The SMILES string of the molecule is CCOC(=O)C1=C(C)OC(N)=C(C#N)C1c1cc(OC)c(OCC(=O)Nc2ccccc2C)cc1Br. The van der Waals surface area contributed by atoms with Crippen LogP contribution in [0.3, 0.4) is 0 Å². The Morgan fingerprint density at radius 3 is 2.58 bits per heavy atom. The van der Waals surface area contributed by atoms with E-state index in [2.05, 4.69) is 21.2 Å². The second kappa shape index (κ2) is 11.6. The average Bonchev–Trinajstić information content (AvgIpc) is 2.84. The number of benzene rings is 2. The molecule has 1 aliphatic heterocycles. The maximum Gasteiger partial charge on any atom is 0.338 e. The Morgan fingerprint density at radius 2 is 1.94 bits per heavy atom. The van der Waals surface area contributed by atoms with E-state index in [4.69, 9.17) is 24.7 Å². The van der Waals surface area contributed by atoms with Crippen LogP contribution in [0.1, 0.15) is 30.9 Å². The molecule has 1 heterocycles. The van der Waals surface area contributed by atoms with E-state index in [9.17, 15) is 14.9 Å². The number of esters is 1. The molecule has 9 nitrogen and oxygen atoms in total. The molecular formula is C26H26BrN3O6. The van der Waals surface area contributed by atoms with Crippen molar-refractivity contribution >= 4 is 33.5 Å². The molecular weight excluding hydrogens is 530 g/mol. The summed E-state index contributed by atoms with van der Waals surface area (Å²) in [6.45, 7) is 5.03. The number of nitrogens with two attached hydrogens (primary N) is 1. The molecule has 0 radical (unpaired) electrons. The number of amides is 1. The number of allylic oxidation sites excluding steroid dienone is 2. The van der Waals surface area contributed by atoms with Gasteiger partial charge in [0, 0.05) is 10.2 Å². The summed E-state index contributed by atoms with van der Waals surface area (Å²) in [5.41, 5.74) is 8.31. The van der Waals surface area contributed by atoms with E-state index < -0.39 is 11.9 Å². The highest BCUT2D eigenvalue weighted by atomic mass is 79.9. The van der Waals surface area contributed by atoms with Gasteiger partial charge in [0.2, 0.25) is 5.88 Å². The lowest BCUT2D eigenvalue weighted by Gasteiger charge is -2.28. The van der Waals surface area contributed by atoms with E-state index >= 15 is 0 Å². The molecule has 0 fully saturated rings. The van der Waals surface area contributed by atoms with E-state index in [0.29, 0.717) is 21.5 Å². The normalized spacial score (nSPS) is 15.1. The molecule has 0 bridgehead atoms. The number of nitrogens with zero attached hydrogens (tertiary/aromatic N) is 1. The zero-order valence-electron chi connectivity index (χ0n) is 20.3. The molecule has 188 valence electrons. The molecule has 0 aromatic heterocycles. The van der Waals surface area contributed by atoms with E-state index in [1.807, 2.05) is 31.2 Å². The van der Waals surface area contributed by atoms with Gasteiger partial charge in [-0.25, -0.2) is 4.79 Å². The third kappa shape index (κ3) is 5.63. The molecule has 36 heavy (non-hydrogen) atoms. The van der Waals surface area contributed by atoms with Gasteiger partial charge in [-0.3, -0.25) is 4.79 Å². The van der Waals surface area contributed by atoms with Crippen molar-refractivity contribution in [3.8, 4) is 17.6 Å². The first-order chi connectivity index (χ1) is 17.2. The van der Waals surface area contributed by atoms with Crippen molar-refractivity contribution in [1.29, 1.82) is 5.26 Å². The Labute approximate surface area is 217 Å². The lowest BCUT2D eigenvalue weighted by molar-refractivity contribution is -0.139. The fourth-order valence-corrected chi connectivity index (χ4v) is 4.30. The number of anilines is 1. The number of hydrogen-bond donors (Lipinski definition) is 2. The molecule has 3 N–H and O–H groups in total. The molecule has 2 aromatic rings. The van der Waals surface area contributed by atoms with Gasteiger partial charge >= 0.3 is 5.97 Å². The molecule has 0 saturated carbocycles. The monoisotopic (exact) mass is 555 g/mol. The number of carbonyl (C=O) groups is 2. The number of nitrogens with one attached hydrogen (secondary N) is 1. The summed E-state index contributed by atoms with van der Waals surface area (Å²) in [6, 6.07) is 12.7. The summed E-state index contributed by atoms with van der Waals surface area (Å²) in [5.74, 6) is -1.14. The summed E-state index contributed by atoms with van der Waals surface area (Å²) in [7, 11) is 1.44. The summed E-state index contributed by atoms with van der Waals surface area (Å²) in [5, 5.41) is 12.6. The number of ether oxygens (including phenoxy) is 4. The van der Waals surface area contributed by atoms with E-state index in [0.717, 1.165) is 5.56 Å². The summed E-state index contributed by atoms with van der Waals surface area (Å²) < 4.78 is 22.4. The second-order valence-electron chi connectivity index (χ2n) is 7.79.